The van der Waals surface area contributed by atoms with Gasteiger partial charge in [-0.15, -0.1) is 0 Å². The second-order valence-electron chi connectivity index (χ2n) is 4.83. The molecule has 3 aromatic carbocycles. The minimum absolute atomic E-state index is 0.701. The van der Waals surface area contributed by atoms with Crippen molar-refractivity contribution in [2.75, 3.05) is 12.4 Å². The van der Waals surface area contributed by atoms with Gasteiger partial charge in [0.2, 0.25) is 0 Å². The van der Waals surface area contributed by atoms with E-state index in [-0.39, 0.29) is 0 Å². The summed E-state index contributed by atoms with van der Waals surface area (Å²) in [6.07, 6.45) is 0. The van der Waals surface area contributed by atoms with Crippen molar-refractivity contribution in [3.63, 3.8) is 0 Å². The van der Waals surface area contributed by atoms with Gasteiger partial charge in [-0.2, -0.15) is 0 Å². The Kier molecular flexibility index (Phi) is 3.98. The lowest BCUT2D eigenvalue weighted by atomic mass is 10.0. The van der Waals surface area contributed by atoms with Crippen LogP contribution in [0.3, 0.4) is 0 Å². The van der Waals surface area contributed by atoms with Gasteiger partial charge in [-0.1, -0.05) is 41.9 Å². The molecule has 0 heterocycles. The fourth-order valence-corrected chi connectivity index (χ4v) is 2.57. The number of anilines is 1. The smallest absolute Gasteiger partial charge is 0.124 e. The number of methoxy groups -OCH3 is 1. The molecule has 0 saturated carbocycles. The number of nitrogens with one attached hydrogen (secondary N) is 1. The number of fused-ring (bicyclic) bond motifs is 1. The number of hydrogen-bond donors (Lipinski definition) is 1. The predicted molar refractivity (Wildman–Crippen MR) is 89.3 cm³/mol. The van der Waals surface area contributed by atoms with Crippen LogP contribution < -0.4 is 10.1 Å². The van der Waals surface area contributed by atoms with Crippen LogP contribution in [0.4, 0.5) is 5.69 Å². The van der Waals surface area contributed by atoms with Crippen LogP contribution in [0.1, 0.15) is 5.56 Å². The zero-order valence-corrected chi connectivity index (χ0v) is 12.5. The van der Waals surface area contributed by atoms with Gasteiger partial charge in [-0.3, -0.25) is 0 Å². The molecule has 0 radical (unpaired) electrons. The Morgan fingerprint density at radius 3 is 2.48 bits per heavy atom. The molecule has 3 rings (SSSR count). The third-order valence-electron chi connectivity index (χ3n) is 3.53. The highest BCUT2D eigenvalue weighted by atomic mass is 35.5. The molecule has 0 atom stereocenters. The van der Waals surface area contributed by atoms with Crippen LogP contribution in [0.25, 0.3) is 10.8 Å². The molecule has 0 saturated heterocycles. The molecule has 0 fully saturated rings. The fraction of sp³-hybridized carbons (Fsp3) is 0.111. The highest BCUT2D eigenvalue weighted by Crippen LogP contribution is 2.28. The summed E-state index contributed by atoms with van der Waals surface area (Å²) < 4.78 is 5.50. The third kappa shape index (κ3) is 2.96. The van der Waals surface area contributed by atoms with Crippen LogP contribution >= 0.6 is 11.6 Å². The minimum atomic E-state index is 0.701. The van der Waals surface area contributed by atoms with E-state index in [4.69, 9.17) is 16.3 Å². The lowest BCUT2D eigenvalue weighted by Crippen LogP contribution is -2.02. The van der Waals surface area contributed by atoms with Crippen molar-refractivity contribution >= 4 is 28.1 Å². The van der Waals surface area contributed by atoms with Crippen molar-refractivity contribution in [2.24, 2.45) is 0 Å². The van der Waals surface area contributed by atoms with E-state index >= 15 is 0 Å². The molecule has 0 unspecified atom stereocenters. The zero-order chi connectivity index (χ0) is 14.7. The maximum absolute atomic E-state index is 5.91. The summed E-state index contributed by atoms with van der Waals surface area (Å²) in [5.41, 5.74) is 2.19. The van der Waals surface area contributed by atoms with E-state index in [2.05, 4.69) is 23.5 Å². The predicted octanol–water partition coefficient (Wildman–Crippen LogP) is 5.11. The van der Waals surface area contributed by atoms with E-state index in [9.17, 15) is 0 Å². The van der Waals surface area contributed by atoms with E-state index in [1.165, 1.54) is 10.8 Å². The van der Waals surface area contributed by atoms with E-state index in [1.54, 1.807) is 7.11 Å². The maximum atomic E-state index is 5.91. The average molecular weight is 298 g/mol. The molecule has 0 aliphatic heterocycles. The largest absolute Gasteiger partial charge is 0.496 e. The van der Waals surface area contributed by atoms with Gasteiger partial charge in [0.05, 0.1) is 7.11 Å². The van der Waals surface area contributed by atoms with Crippen LogP contribution in [0.5, 0.6) is 5.75 Å². The topological polar surface area (TPSA) is 21.3 Å². The normalized spacial score (nSPS) is 10.6. The summed E-state index contributed by atoms with van der Waals surface area (Å²) in [4.78, 5) is 0. The lowest BCUT2D eigenvalue weighted by Gasteiger charge is -2.13. The maximum Gasteiger partial charge on any atom is 0.124 e. The van der Waals surface area contributed by atoms with Gasteiger partial charge in [0.15, 0.2) is 0 Å². The van der Waals surface area contributed by atoms with E-state index in [0.29, 0.717) is 6.54 Å². The van der Waals surface area contributed by atoms with Crippen LogP contribution in [-0.4, -0.2) is 7.11 Å². The first-order valence-corrected chi connectivity index (χ1v) is 7.20. The molecule has 0 bridgehead atoms. The van der Waals surface area contributed by atoms with Crippen molar-refractivity contribution in [3.8, 4) is 5.75 Å². The molecule has 0 aliphatic carbocycles. The molecule has 1 N–H and O–H groups in total. The van der Waals surface area contributed by atoms with E-state index in [1.807, 2.05) is 42.5 Å². The quantitative estimate of drug-likeness (QED) is 0.722. The van der Waals surface area contributed by atoms with Gasteiger partial charge in [-0.05, 0) is 41.1 Å². The first-order chi connectivity index (χ1) is 10.3. The molecule has 0 aliphatic rings. The van der Waals surface area contributed by atoms with Gasteiger partial charge in [0.25, 0.3) is 0 Å². The van der Waals surface area contributed by atoms with Crippen LogP contribution in [0.15, 0.2) is 60.7 Å². The molecular formula is C18H16ClNO. The van der Waals surface area contributed by atoms with Crippen molar-refractivity contribution < 1.29 is 4.74 Å². The van der Waals surface area contributed by atoms with E-state index in [0.717, 1.165) is 22.0 Å². The van der Waals surface area contributed by atoms with Crippen LogP contribution in [-0.2, 0) is 6.54 Å². The molecule has 0 amide bonds. The van der Waals surface area contributed by atoms with Gasteiger partial charge in [-0.25, -0.2) is 0 Å². The Labute approximate surface area is 129 Å². The van der Waals surface area contributed by atoms with Gasteiger partial charge in [0, 0.05) is 22.8 Å². The number of benzene rings is 3. The number of rotatable bonds is 4. The Bertz CT molecular complexity index is 753. The Morgan fingerprint density at radius 1 is 0.952 bits per heavy atom. The summed E-state index contributed by atoms with van der Waals surface area (Å²) >= 11 is 5.91. The first-order valence-electron chi connectivity index (χ1n) is 6.82. The van der Waals surface area contributed by atoms with Crippen LogP contribution in [0.2, 0.25) is 5.02 Å². The number of halogens is 1. The van der Waals surface area contributed by atoms with Crippen LogP contribution in [0, 0.1) is 0 Å². The Morgan fingerprint density at radius 2 is 1.71 bits per heavy atom. The van der Waals surface area contributed by atoms with Gasteiger partial charge < -0.3 is 10.1 Å². The highest BCUT2D eigenvalue weighted by molar-refractivity contribution is 6.30. The summed E-state index contributed by atoms with van der Waals surface area (Å²) in [6, 6.07) is 20.1. The van der Waals surface area contributed by atoms with Crippen molar-refractivity contribution in [1.29, 1.82) is 0 Å². The lowest BCUT2D eigenvalue weighted by molar-refractivity contribution is 0.411. The number of ether oxygens (including phenoxy) is 1. The van der Waals surface area contributed by atoms with E-state index < -0.39 is 0 Å². The molecule has 3 heteroatoms. The standard InChI is InChI=1S/C18H16ClNO/c1-21-18-11-6-13-4-2-3-5-16(13)17(18)12-20-15-9-7-14(19)8-10-15/h2-11,20H,12H2,1H3. The van der Waals surface area contributed by atoms with Gasteiger partial charge >= 0.3 is 0 Å². The second-order valence-corrected chi connectivity index (χ2v) is 5.26. The first kappa shape index (κ1) is 13.8. The SMILES string of the molecule is COc1ccc2ccccc2c1CNc1ccc(Cl)cc1. The summed E-state index contributed by atoms with van der Waals surface area (Å²) in [6.45, 7) is 0.701. The summed E-state index contributed by atoms with van der Waals surface area (Å²) in [7, 11) is 1.70. The summed E-state index contributed by atoms with van der Waals surface area (Å²) in [5, 5.41) is 6.58. The summed E-state index contributed by atoms with van der Waals surface area (Å²) in [5.74, 6) is 0.898. The average Bonchev–Trinajstić information content (AvgIpc) is 2.54. The van der Waals surface area contributed by atoms with Gasteiger partial charge in [0.1, 0.15) is 5.75 Å². The molecule has 3 aromatic rings. The second kappa shape index (κ2) is 6.06. The minimum Gasteiger partial charge on any atom is -0.496 e. The van der Waals surface area contributed by atoms with Crippen molar-refractivity contribution in [3.05, 3.63) is 71.2 Å². The molecule has 0 aromatic heterocycles. The zero-order valence-electron chi connectivity index (χ0n) is 11.8. The monoisotopic (exact) mass is 297 g/mol. The number of hydrogen-bond acceptors (Lipinski definition) is 2. The Hall–Kier alpha value is -2.19. The third-order valence-corrected chi connectivity index (χ3v) is 3.78. The molecule has 106 valence electrons. The Balaban J connectivity index is 1.93. The van der Waals surface area contributed by atoms with Crippen molar-refractivity contribution in [1.82, 2.24) is 0 Å². The molecule has 21 heavy (non-hydrogen) atoms. The molecule has 0 spiro atoms. The molecular weight excluding hydrogens is 282 g/mol. The molecule has 2 nitrogen and oxygen atoms in total. The highest BCUT2D eigenvalue weighted by Gasteiger charge is 2.07. The van der Waals surface area contributed by atoms with Crippen molar-refractivity contribution in [2.45, 2.75) is 6.54 Å². The fourth-order valence-electron chi connectivity index (χ4n) is 2.45.